The molecular formula is C15H23ClN2O2S. The van der Waals surface area contributed by atoms with E-state index in [1.54, 1.807) is 18.9 Å². The van der Waals surface area contributed by atoms with Gasteiger partial charge >= 0.3 is 0 Å². The average molecular weight is 331 g/mol. The largest absolute Gasteiger partial charge is 0.497 e. The van der Waals surface area contributed by atoms with Crippen molar-refractivity contribution in [2.24, 2.45) is 5.73 Å². The second-order valence-electron chi connectivity index (χ2n) is 5.00. The first-order chi connectivity index (χ1) is 9.65. The Morgan fingerprint density at radius 2 is 2.14 bits per heavy atom. The number of carbonyl (C=O) groups is 1. The number of ether oxygens (including phenoxy) is 1. The fraction of sp³-hybridized carbons (Fsp3) is 0.533. The number of amides is 1. The molecule has 1 amide bonds. The summed E-state index contributed by atoms with van der Waals surface area (Å²) in [6, 6.07) is 8.02. The molecule has 118 valence electrons. The molecule has 21 heavy (non-hydrogen) atoms. The Morgan fingerprint density at radius 3 is 2.71 bits per heavy atom. The van der Waals surface area contributed by atoms with Gasteiger partial charge < -0.3 is 15.4 Å². The number of likely N-dealkylation sites (tertiary alicyclic amines) is 1. The molecule has 1 aromatic rings. The average Bonchev–Trinajstić information content (AvgIpc) is 2.95. The zero-order valence-electron chi connectivity index (χ0n) is 12.5. The third kappa shape index (κ3) is 4.53. The van der Waals surface area contributed by atoms with Gasteiger partial charge in [-0.3, -0.25) is 4.79 Å². The van der Waals surface area contributed by atoms with Gasteiger partial charge in [0.05, 0.1) is 12.4 Å². The van der Waals surface area contributed by atoms with Crippen molar-refractivity contribution >= 4 is 30.1 Å². The Labute approximate surface area is 136 Å². The van der Waals surface area contributed by atoms with E-state index in [0.717, 1.165) is 30.0 Å². The Balaban J connectivity index is 0.00000220. The molecule has 1 saturated heterocycles. The lowest BCUT2D eigenvalue weighted by Gasteiger charge is -2.26. The zero-order chi connectivity index (χ0) is 14.5. The van der Waals surface area contributed by atoms with Crippen molar-refractivity contribution in [2.75, 3.05) is 20.2 Å². The molecule has 1 fully saturated rings. The Kier molecular flexibility index (Phi) is 7.35. The summed E-state index contributed by atoms with van der Waals surface area (Å²) in [4.78, 5) is 15.5. The summed E-state index contributed by atoms with van der Waals surface area (Å²) in [5.41, 5.74) is 5.73. The van der Waals surface area contributed by atoms with Gasteiger partial charge in [-0.25, -0.2) is 0 Å². The lowest BCUT2D eigenvalue weighted by molar-refractivity contribution is -0.130. The van der Waals surface area contributed by atoms with Crippen LogP contribution in [-0.2, 0) is 4.79 Å². The van der Waals surface area contributed by atoms with Crippen molar-refractivity contribution in [1.29, 1.82) is 0 Å². The normalized spacial score (nSPS) is 19.0. The van der Waals surface area contributed by atoms with Crippen molar-refractivity contribution < 1.29 is 9.53 Å². The van der Waals surface area contributed by atoms with Gasteiger partial charge in [0.15, 0.2) is 0 Å². The maximum atomic E-state index is 12.5. The Bertz CT molecular complexity index is 455. The summed E-state index contributed by atoms with van der Waals surface area (Å²) < 4.78 is 5.13. The van der Waals surface area contributed by atoms with Gasteiger partial charge in [0.2, 0.25) is 5.91 Å². The van der Waals surface area contributed by atoms with Gasteiger partial charge in [-0.05, 0) is 44.0 Å². The number of methoxy groups -OCH3 is 1. The molecule has 6 heteroatoms. The minimum Gasteiger partial charge on any atom is -0.497 e. The van der Waals surface area contributed by atoms with E-state index in [9.17, 15) is 4.79 Å². The molecule has 0 spiro atoms. The first kappa shape index (κ1) is 18.1. The molecule has 1 heterocycles. The fourth-order valence-corrected chi connectivity index (χ4v) is 3.45. The van der Waals surface area contributed by atoms with Crippen molar-refractivity contribution in [1.82, 2.24) is 4.90 Å². The lowest BCUT2D eigenvalue weighted by Crippen LogP contribution is -2.43. The van der Waals surface area contributed by atoms with Crippen molar-refractivity contribution in [3.8, 4) is 5.75 Å². The molecule has 0 saturated carbocycles. The minimum absolute atomic E-state index is 0. The number of nitrogens with two attached hydrogens (primary N) is 1. The van der Waals surface area contributed by atoms with E-state index in [0.29, 0.717) is 6.54 Å². The van der Waals surface area contributed by atoms with E-state index in [-0.39, 0.29) is 29.6 Å². The minimum atomic E-state index is -0.0875. The molecular weight excluding hydrogens is 308 g/mol. The molecule has 1 aliphatic heterocycles. The SMILES string of the molecule is COc1ccc(SC(C)C(=O)N2CCCC2CN)cc1.Cl. The van der Waals surface area contributed by atoms with Crippen LogP contribution in [0.2, 0.25) is 0 Å². The first-order valence-electron chi connectivity index (χ1n) is 6.97. The first-order valence-corrected chi connectivity index (χ1v) is 7.85. The van der Waals surface area contributed by atoms with Crippen LogP contribution in [0.5, 0.6) is 5.75 Å². The van der Waals surface area contributed by atoms with Crippen molar-refractivity contribution in [2.45, 2.75) is 36.0 Å². The zero-order valence-corrected chi connectivity index (χ0v) is 14.1. The molecule has 0 aliphatic carbocycles. The molecule has 2 rings (SSSR count). The molecule has 0 aromatic heterocycles. The highest BCUT2D eigenvalue weighted by molar-refractivity contribution is 8.00. The predicted octanol–water partition coefficient (Wildman–Crippen LogP) is 2.55. The maximum absolute atomic E-state index is 12.5. The third-order valence-corrected chi connectivity index (χ3v) is 4.75. The van der Waals surface area contributed by atoms with Crippen molar-refractivity contribution in [3.63, 3.8) is 0 Å². The van der Waals surface area contributed by atoms with E-state index < -0.39 is 0 Å². The number of benzene rings is 1. The second kappa shape index (κ2) is 8.51. The number of thioether (sulfide) groups is 1. The second-order valence-corrected chi connectivity index (χ2v) is 6.41. The van der Waals surface area contributed by atoms with Crippen LogP contribution in [0.4, 0.5) is 0 Å². The van der Waals surface area contributed by atoms with Gasteiger partial charge in [0, 0.05) is 24.0 Å². The van der Waals surface area contributed by atoms with E-state index >= 15 is 0 Å². The van der Waals surface area contributed by atoms with Crippen LogP contribution in [-0.4, -0.2) is 42.3 Å². The van der Waals surface area contributed by atoms with Crippen LogP contribution in [0.15, 0.2) is 29.2 Å². The van der Waals surface area contributed by atoms with Gasteiger partial charge in [0.25, 0.3) is 0 Å². The molecule has 1 aliphatic rings. The van der Waals surface area contributed by atoms with E-state index in [1.807, 2.05) is 36.1 Å². The monoisotopic (exact) mass is 330 g/mol. The van der Waals surface area contributed by atoms with Crippen LogP contribution in [0.25, 0.3) is 0 Å². The van der Waals surface area contributed by atoms with Crippen molar-refractivity contribution in [3.05, 3.63) is 24.3 Å². The number of hydrogen-bond acceptors (Lipinski definition) is 4. The molecule has 1 aromatic carbocycles. The summed E-state index contributed by atoms with van der Waals surface area (Å²) in [7, 11) is 1.65. The van der Waals surface area contributed by atoms with Crippen LogP contribution < -0.4 is 10.5 Å². The Hall–Kier alpha value is -0.910. The van der Waals surface area contributed by atoms with E-state index in [4.69, 9.17) is 10.5 Å². The highest BCUT2D eigenvalue weighted by Gasteiger charge is 2.30. The molecule has 2 atom stereocenters. The van der Waals surface area contributed by atoms with Gasteiger partial charge in [0.1, 0.15) is 5.75 Å². The number of hydrogen-bond donors (Lipinski definition) is 1. The molecule has 0 radical (unpaired) electrons. The maximum Gasteiger partial charge on any atom is 0.236 e. The standard InChI is InChI=1S/C15H22N2O2S.ClH/c1-11(15(18)17-9-3-4-12(17)10-16)20-14-7-5-13(19-2)6-8-14;/h5-8,11-12H,3-4,9-10,16H2,1-2H3;1H. The van der Waals surface area contributed by atoms with Crippen LogP contribution in [0, 0.1) is 0 Å². The summed E-state index contributed by atoms with van der Waals surface area (Å²) >= 11 is 1.58. The quantitative estimate of drug-likeness (QED) is 0.843. The molecule has 4 nitrogen and oxygen atoms in total. The smallest absolute Gasteiger partial charge is 0.236 e. The van der Waals surface area contributed by atoms with E-state index in [1.165, 1.54) is 0 Å². The summed E-state index contributed by atoms with van der Waals surface area (Å²) in [5, 5.41) is -0.0875. The van der Waals surface area contributed by atoms with Crippen LogP contribution >= 0.6 is 24.2 Å². The summed E-state index contributed by atoms with van der Waals surface area (Å²) in [6.07, 6.45) is 2.09. The topological polar surface area (TPSA) is 55.6 Å². The summed E-state index contributed by atoms with van der Waals surface area (Å²) in [6.45, 7) is 3.36. The number of rotatable bonds is 5. The number of halogens is 1. The van der Waals surface area contributed by atoms with Gasteiger partial charge in [-0.15, -0.1) is 24.2 Å². The third-order valence-electron chi connectivity index (χ3n) is 3.65. The highest BCUT2D eigenvalue weighted by atomic mass is 35.5. The van der Waals surface area contributed by atoms with Gasteiger partial charge in [-0.2, -0.15) is 0 Å². The molecule has 2 unspecified atom stereocenters. The number of carbonyl (C=O) groups excluding carboxylic acids is 1. The number of nitrogens with zero attached hydrogens (tertiary/aromatic N) is 1. The molecule has 2 N–H and O–H groups in total. The van der Waals surface area contributed by atoms with Crippen LogP contribution in [0.3, 0.4) is 0 Å². The van der Waals surface area contributed by atoms with Gasteiger partial charge in [-0.1, -0.05) is 0 Å². The predicted molar refractivity (Wildman–Crippen MR) is 89.4 cm³/mol. The highest BCUT2D eigenvalue weighted by Crippen LogP contribution is 2.28. The Morgan fingerprint density at radius 1 is 1.48 bits per heavy atom. The fourth-order valence-electron chi connectivity index (χ4n) is 2.51. The lowest BCUT2D eigenvalue weighted by atomic mass is 10.2. The molecule has 0 bridgehead atoms. The summed E-state index contributed by atoms with van der Waals surface area (Å²) in [5.74, 6) is 1.02. The van der Waals surface area contributed by atoms with E-state index in [2.05, 4.69) is 0 Å². The van der Waals surface area contributed by atoms with Crippen LogP contribution in [0.1, 0.15) is 19.8 Å².